The first-order valence-corrected chi connectivity index (χ1v) is 10.6. The molecule has 0 aliphatic carbocycles. The molecule has 2 aliphatic heterocycles. The monoisotopic (exact) mass is 484 g/mol. The van der Waals surface area contributed by atoms with Crippen molar-refractivity contribution in [3.05, 3.63) is 94.6 Å². The fraction of sp³-hybridized carbons (Fsp3) is 0.192. The van der Waals surface area contributed by atoms with Gasteiger partial charge in [0.2, 0.25) is 6.79 Å². The van der Waals surface area contributed by atoms with Crippen LogP contribution in [0.1, 0.15) is 22.3 Å². The molecule has 2 aliphatic rings. The number of fused-ring (bicyclic) bond motifs is 1. The number of hydrogen-bond acceptors (Lipinski definition) is 6. The minimum Gasteiger partial charge on any atom is -0.497 e. The number of hydrogen-bond donors (Lipinski definition) is 1. The highest BCUT2D eigenvalue weighted by molar-refractivity contribution is 6.20. The van der Waals surface area contributed by atoms with E-state index in [9.17, 15) is 23.1 Å². The molecule has 180 valence electrons. The van der Waals surface area contributed by atoms with E-state index >= 15 is 0 Å². The van der Waals surface area contributed by atoms with Gasteiger partial charge >= 0.3 is 12.1 Å². The first-order valence-electron chi connectivity index (χ1n) is 10.6. The summed E-state index contributed by atoms with van der Waals surface area (Å²) < 4.78 is 60.5. The zero-order valence-electron chi connectivity index (χ0n) is 18.4. The Hall–Kier alpha value is -3.98. The van der Waals surface area contributed by atoms with Gasteiger partial charge < -0.3 is 24.1 Å². The summed E-state index contributed by atoms with van der Waals surface area (Å²) in [6, 6.07) is 15.7. The van der Waals surface area contributed by atoms with Crippen molar-refractivity contribution in [1.29, 1.82) is 0 Å². The average molecular weight is 484 g/mol. The molecule has 0 radical (unpaired) electrons. The summed E-state index contributed by atoms with van der Waals surface area (Å²) >= 11 is 0. The lowest BCUT2D eigenvalue weighted by molar-refractivity contribution is -0.185. The van der Waals surface area contributed by atoms with Crippen molar-refractivity contribution < 1.29 is 42.0 Å². The Morgan fingerprint density at radius 1 is 0.971 bits per heavy atom. The van der Waals surface area contributed by atoms with E-state index in [1.165, 1.54) is 19.2 Å². The van der Waals surface area contributed by atoms with Crippen molar-refractivity contribution in [3.63, 3.8) is 0 Å². The molecule has 0 fully saturated rings. The summed E-state index contributed by atoms with van der Waals surface area (Å²) in [5, 5.41) is 11.6. The standard InChI is InChI=1S/C26H19F3O6/c1-32-19-9-7-17(8-10-19)25(31)20(12-15-2-5-18(6-3-15)26(27,28)29)23(24(30)35-25)16-4-11-21-22(13-16)34-14-33-21/h2-11,13,31H,12,14H2,1H3. The van der Waals surface area contributed by atoms with Crippen LogP contribution in [0.3, 0.4) is 0 Å². The number of aliphatic hydroxyl groups is 1. The quantitative estimate of drug-likeness (QED) is 0.523. The van der Waals surface area contributed by atoms with Crippen LogP contribution in [0.2, 0.25) is 0 Å². The molecule has 3 aromatic carbocycles. The van der Waals surface area contributed by atoms with Gasteiger partial charge in [-0.25, -0.2) is 4.79 Å². The smallest absolute Gasteiger partial charge is 0.416 e. The van der Waals surface area contributed by atoms with Gasteiger partial charge in [-0.2, -0.15) is 13.2 Å². The van der Waals surface area contributed by atoms with Gasteiger partial charge in [0.15, 0.2) is 11.5 Å². The highest BCUT2D eigenvalue weighted by Gasteiger charge is 2.48. The van der Waals surface area contributed by atoms with E-state index in [1.807, 2.05) is 0 Å². The fourth-order valence-electron chi connectivity index (χ4n) is 4.16. The Kier molecular flexibility index (Phi) is 5.44. The van der Waals surface area contributed by atoms with Crippen LogP contribution in [0.15, 0.2) is 72.3 Å². The van der Waals surface area contributed by atoms with Crippen molar-refractivity contribution in [1.82, 2.24) is 0 Å². The number of esters is 1. The number of methoxy groups -OCH3 is 1. The molecule has 5 rings (SSSR count). The van der Waals surface area contributed by atoms with Crippen LogP contribution in [0.5, 0.6) is 17.2 Å². The molecule has 3 aromatic rings. The minimum absolute atomic E-state index is 0.0382. The topological polar surface area (TPSA) is 74.2 Å². The number of cyclic esters (lactones) is 1. The Labute approximate surface area is 198 Å². The van der Waals surface area contributed by atoms with Gasteiger partial charge in [-0.05, 0) is 59.7 Å². The number of rotatable bonds is 5. The second-order valence-corrected chi connectivity index (χ2v) is 8.06. The van der Waals surface area contributed by atoms with Crippen molar-refractivity contribution in [2.24, 2.45) is 0 Å². The minimum atomic E-state index is -4.48. The lowest BCUT2D eigenvalue weighted by Gasteiger charge is -2.26. The lowest BCUT2D eigenvalue weighted by atomic mass is 9.88. The average Bonchev–Trinajstić information content (AvgIpc) is 3.40. The Bertz CT molecular complexity index is 1310. The summed E-state index contributed by atoms with van der Waals surface area (Å²) in [4.78, 5) is 13.1. The first kappa shape index (κ1) is 22.8. The number of ether oxygens (including phenoxy) is 4. The van der Waals surface area contributed by atoms with E-state index in [-0.39, 0.29) is 29.9 Å². The molecule has 1 N–H and O–H groups in total. The SMILES string of the molecule is COc1ccc(C2(O)OC(=O)C(c3ccc4c(c3)OCO4)=C2Cc2ccc(C(F)(F)F)cc2)cc1. The van der Waals surface area contributed by atoms with E-state index in [4.69, 9.17) is 18.9 Å². The molecule has 1 atom stereocenters. The van der Waals surface area contributed by atoms with E-state index in [2.05, 4.69) is 0 Å². The van der Waals surface area contributed by atoms with Crippen molar-refractivity contribution in [3.8, 4) is 17.2 Å². The van der Waals surface area contributed by atoms with Crippen molar-refractivity contribution >= 4 is 11.5 Å². The van der Waals surface area contributed by atoms with Crippen LogP contribution in [0, 0.1) is 0 Å². The lowest BCUT2D eigenvalue weighted by Crippen LogP contribution is -2.29. The molecule has 35 heavy (non-hydrogen) atoms. The van der Waals surface area contributed by atoms with Crippen LogP contribution < -0.4 is 14.2 Å². The van der Waals surface area contributed by atoms with Crippen LogP contribution in [-0.4, -0.2) is 25.0 Å². The number of carbonyl (C=O) groups is 1. The number of halogens is 3. The number of carbonyl (C=O) groups excluding carboxylic acids is 1. The molecular weight excluding hydrogens is 465 g/mol. The summed E-state index contributed by atoms with van der Waals surface area (Å²) in [6.07, 6.45) is -4.53. The fourth-order valence-corrected chi connectivity index (χ4v) is 4.16. The highest BCUT2D eigenvalue weighted by atomic mass is 19.4. The third kappa shape index (κ3) is 4.08. The molecule has 2 heterocycles. The van der Waals surface area contributed by atoms with Crippen LogP contribution in [-0.2, 0) is 27.9 Å². The first-order chi connectivity index (χ1) is 16.7. The third-order valence-electron chi connectivity index (χ3n) is 5.96. The second-order valence-electron chi connectivity index (χ2n) is 8.06. The molecule has 0 saturated heterocycles. The predicted molar refractivity (Wildman–Crippen MR) is 118 cm³/mol. The van der Waals surface area contributed by atoms with Crippen LogP contribution >= 0.6 is 0 Å². The summed E-state index contributed by atoms with van der Waals surface area (Å²) in [5.74, 6) is -1.44. The summed E-state index contributed by atoms with van der Waals surface area (Å²) in [5.41, 5.74) is 0.634. The molecule has 0 aromatic heterocycles. The maximum Gasteiger partial charge on any atom is 0.416 e. The molecule has 9 heteroatoms. The highest BCUT2D eigenvalue weighted by Crippen LogP contribution is 2.46. The Balaban J connectivity index is 1.63. The zero-order valence-corrected chi connectivity index (χ0v) is 18.4. The van der Waals surface area contributed by atoms with E-state index in [0.717, 1.165) is 12.1 Å². The second kappa shape index (κ2) is 8.35. The maximum atomic E-state index is 13.1. The molecule has 0 bridgehead atoms. The van der Waals surface area contributed by atoms with Gasteiger partial charge in [0.25, 0.3) is 5.79 Å². The normalized spacial score (nSPS) is 19.2. The van der Waals surface area contributed by atoms with Gasteiger partial charge in [-0.15, -0.1) is 0 Å². The van der Waals surface area contributed by atoms with Crippen LogP contribution in [0.25, 0.3) is 5.57 Å². The largest absolute Gasteiger partial charge is 0.497 e. The molecule has 1 unspecified atom stereocenters. The van der Waals surface area contributed by atoms with Crippen molar-refractivity contribution in [2.45, 2.75) is 18.4 Å². The van der Waals surface area contributed by atoms with E-state index < -0.39 is 23.5 Å². The molecule has 0 saturated carbocycles. The van der Waals surface area contributed by atoms with Crippen LogP contribution in [0.4, 0.5) is 13.2 Å². The summed E-state index contributed by atoms with van der Waals surface area (Å²) in [6.45, 7) is 0.0382. The summed E-state index contributed by atoms with van der Waals surface area (Å²) in [7, 11) is 1.49. The van der Waals surface area contributed by atoms with Gasteiger partial charge in [0.1, 0.15) is 5.75 Å². The Morgan fingerprint density at radius 3 is 2.31 bits per heavy atom. The van der Waals surface area contributed by atoms with E-state index in [1.54, 1.807) is 42.5 Å². The molecule has 0 spiro atoms. The van der Waals surface area contributed by atoms with Gasteiger partial charge in [-0.3, -0.25) is 0 Å². The number of alkyl halides is 3. The third-order valence-corrected chi connectivity index (χ3v) is 5.96. The predicted octanol–water partition coefficient (Wildman–Crippen LogP) is 4.84. The maximum absolute atomic E-state index is 13.1. The van der Waals surface area contributed by atoms with E-state index in [0.29, 0.717) is 28.4 Å². The molecular formula is C26H19F3O6. The van der Waals surface area contributed by atoms with Crippen molar-refractivity contribution in [2.75, 3.05) is 13.9 Å². The Morgan fingerprint density at radius 2 is 1.66 bits per heavy atom. The molecule has 0 amide bonds. The van der Waals surface area contributed by atoms with Gasteiger partial charge in [0, 0.05) is 17.6 Å². The van der Waals surface area contributed by atoms with Gasteiger partial charge in [-0.1, -0.05) is 18.2 Å². The zero-order chi connectivity index (χ0) is 24.8. The molecule has 6 nitrogen and oxygen atoms in total. The van der Waals surface area contributed by atoms with Gasteiger partial charge in [0.05, 0.1) is 18.2 Å². The number of benzene rings is 3.